The van der Waals surface area contributed by atoms with Gasteiger partial charge in [0.15, 0.2) is 9.84 Å². The molecule has 0 bridgehead atoms. The number of terminal acetylenes is 1. The van der Waals surface area contributed by atoms with E-state index in [9.17, 15) is 26.4 Å². The van der Waals surface area contributed by atoms with Crippen molar-refractivity contribution in [3.8, 4) is 12.3 Å². The molecule has 1 aliphatic carbocycles. The molecule has 0 aliphatic heterocycles. The molecule has 0 saturated heterocycles. The monoisotopic (exact) mass is 494 g/mol. The van der Waals surface area contributed by atoms with E-state index in [-0.39, 0.29) is 5.56 Å². The zero-order valence-electron chi connectivity index (χ0n) is 15.9. The highest BCUT2D eigenvalue weighted by Gasteiger charge is 2.47. The highest BCUT2D eigenvalue weighted by Crippen LogP contribution is 2.36. The minimum Gasteiger partial charge on any atom is -0.338 e. The fraction of sp³-hybridized carbons (Fsp3) is 0.526. The largest absolute Gasteiger partial charge is 0.407 e. The van der Waals surface area contributed by atoms with Crippen molar-refractivity contribution < 1.29 is 26.4 Å². The predicted molar refractivity (Wildman–Crippen MR) is 108 cm³/mol. The van der Waals surface area contributed by atoms with E-state index in [0.29, 0.717) is 17.3 Å². The lowest BCUT2D eigenvalue weighted by atomic mass is 10.1. The molecule has 1 saturated carbocycles. The maximum absolute atomic E-state index is 13.8. The molecule has 1 amide bonds. The lowest BCUT2D eigenvalue weighted by molar-refractivity contribution is -0.160. The molecule has 10 heteroatoms. The van der Waals surface area contributed by atoms with E-state index in [2.05, 4.69) is 32.5 Å². The third-order valence-corrected chi connectivity index (χ3v) is 7.48. The molecule has 1 aliphatic rings. The van der Waals surface area contributed by atoms with E-state index in [4.69, 9.17) is 6.42 Å². The third-order valence-electron chi connectivity index (χ3n) is 4.72. The summed E-state index contributed by atoms with van der Waals surface area (Å²) in [5, 5.41) is 3.89. The average molecular weight is 495 g/mol. The van der Waals surface area contributed by atoms with E-state index in [1.165, 1.54) is 38.1 Å². The Bertz CT molecular complexity index is 889. The number of sulfone groups is 1. The van der Waals surface area contributed by atoms with Crippen LogP contribution in [0.3, 0.4) is 0 Å². The maximum Gasteiger partial charge on any atom is 0.407 e. The summed E-state index contributed by atoms with van der Waals surface area (Å²) in [6, 6.07) is 1.54. The topological polar surface area (TPSA) is 75.3 Å². The van der Waals surface area contributed by atoms with Crippen molar-refractivity contribution in [2.45, 2.75) is 55.7 Å². The summed E-state index contributed by atoms with van der Waals surface area (Å²) in [6.45, 7) is 2.81. The Balaban J connectivity index is 2.35. The molecule has 0 radical (unpaired) electrons. The summed E-state index contributed by atoms with van der Waals surface area (Å²) in [7, 11) is -3.81. The van der Waals surface area contributed by atoms with Crippen LogP contribution in [0.25, 0.3) is 0 Å². The summed E-state index contributed by atoms with van der Waals surface area (Å²) in [6.07, 6.45) is 1.62. The first-order valence-corrected chi connectivity index (χ1v) is 11.4. The molecule has 160 valence electrons. The second-order valence-corrected chi connectivity index (χ2v) is 10.9. The van der Waals surface area contributed by atoms with Crippen molar-refractivity contribution in [2.24, 2.45) is 0 Å². The van der Waals surface area contributed by atoms with Gasteiger partial charge in [-0.15, -0.1) is 6.42 Å². The van der Waals surface area contributed by atoms with Gasteiger partial charge in [0.05, 0.1) is 11.0 Å². The smallest absolute Gasteiger partial charge is 0.338 e. The number of alkyl halides is 3. The molecule has 2 rings (SSSR count). The van der Waals surface area contributed by atoms with Gasteiger partial charge in [-0.05, 0) is 44.4 Å². The Morgan fingerprint density at radius 2 is 1.83 bits per heavy atom. The fourth-order valence-electron chi connectivity index (χ4n) is 2.61. The summed E-state index contributed by atoms with van der Waals surface area (Å²) in [5.41, 5.74) is -1.05. The Hall–Kier alpha value is -1.57. The molecule has 1 aromatic carbocycles. The van der Waals surface area contributed by atoms with Gasteiger partial charge in [0, 0.05) is 4.47 Å². The molecular weight excluding hydrogens is 473 g/mol. The number of carbonyl (C=O) groups excluding carboxylic acids is 1. The van der Waals surface area contributed by atoms with Crippen LogP contribution in [-0.2, 0) is 14.6 Å². The number of hydrogen-bond donors (Lipinski definition) is 2. The molecule has 2 N–H and O–H groups in total. The molecule has 29 heavy (non-hydrogen) atoms. The second-order valence-electron chi connectivity index (χ2n) is 7.34. The first-order chi connectivity index (χ1) is 13.3. The van der Waals surface area contributed by atoms with Gasteiger partial charge in [-0.1, -0.05) is 34.0 Å². The van der Waals surface area contributed by atoms with Crippen molar-refractivity contribution >= 4 is 31.7 Å². The first kappa shape index (κ1) is 23.7. The van der Waals surface area contributed by atoms with Crippen LogP contribution in [0.2, 0.25) is 0 Å². The van der Waals surface area contributed by atoms with E-state index < -0.39 is 50.5 Å². The van der Waals surface area contributed by atoms with Crippen molar-refractivity contribution in [1.82, 2.24) is 10.6 Å². The number of hydrogen-bond acceptors (Lipinski definition) is 4. The highest BCUT2D eigenvalue weighted by atomic mass is 79.9. The zero-order valence-corrected chi connectivity index (χ0v) is 18.3. The molecular formula is C19H22BrF3N2O3S. The van der Waals surface area contributed by atoms with E-state index in [1.807, 2.05) is 0 Å². The second kappa shape index (κ2) is 8.66. The summed E-state index contributed by atoms with van der Waals surface area (Å²) in [4.78, 5) is 12.7. The lowest BCUT2D eigenvalue weighted by Gasteiger charge is -2.28. The van der Waals surface area contributed by atoms with Crippen LogP contribution < -0.4 is 10.6 Å². The third kappa shape index (κ3) is 6.20. The maximum atomic E-state index is 13.8. The number of halogens is 4. The molecule has 0 unspecified atom stereocenters. The van der Waals surface area contributed by atoms with Crippen LogP contribution in [0.4, 0.5) is 13.2 Å². The van der Waals surface area contributed by atoms with Gasteiger partial charge in [0.1, 0.15) is 17.6 Å². The van der Waals surface area contributed by atoms with E-state index >= 15 is 0 Å². The molecule has 0 aromatic heterocycles. The minimum absolute atomic E-state index is 0.140. The van der Waals surface area contributed by atoms with Gasteiger partial charge in [-0.25, -0.2) is 8.42 Å². The van der Waals surface area contributed by atoms with Crippen LogP contribution in [0.5, 0.6) is 0 Å². The zero-order chi connectivity index (χ0) is 22.0. The van der Waals surface area contributed by atoms with Crippen LogP contribution in [0, 0.1) is 12.3 Å². The van der Waals surface area contributed by atoms with Crippen molar-refractivity contribution in [3.05, 3.63) is 34.3 Å². The average Bonchev–Trinajstić information content (AvgIpc) is 3.38. The van der Waals surface area contributed by atoms with Crippen LogP contribution in [0.1, 0.15) is 38.3 Å². The lowest BCUT2D eigenvalue weighted by Crippen LogP contribution is -2.54. The summed E-state index contributed by atoms with van der Waals surface area (Å²) < 4.78 is 66.6. The number of rotatable bonds is 8. The standard InChI is InChI=1S/C19H22BrF3N2O3S/c1-4-18(9-10-18)25-17(26)15(11-29(27,28)12(2)3)24-16(19(21,22)23)13-5-7-14(20)8-6-13/h1,5-8,12,15-16,24H,9-11H2,2-3H3,(H,25,26)/t15-,16-/m0/s1. The Morgan fingerprint density at radius 1 is 1.28 bits per heavy atom. The molecule has 1 fully saturated rings. The summed E-state index contributed by atoms with van der Waals surface area (Å²) >= 11 is 3.16. The molecule has 0 heterocycles. The van der Waals surface area contributed by atoms with E-state index in [1.54, 1.807) is 0 Å². The van der Waals surface area contributed by atoms with Gasteiger partial charge >= 0.3 is 6.18 Å². The molecule has 1 aromatic rings. The Labute approximate surface area is 176 Å². The normalized spacial score (nSPS) is 18.0. The quantitative estimate of drug-likeness (QED) is 0.544. The fourth-order valence-corrected chi connectivity index (χ4v) is 3.98. The van der Waals surface area contributed by atoms with Gasteiger partial charge in [0.2, 0.25) is 5.91 Å². The minimum atomic E-state index is -4.75. The van der Waals surface area contributed by atoms with Gasteiger partial charge in [-0.2, -0.15) is 13.2 Å². The molecule has 2 atom stereocenters. The molecule has 0 spiro atoms. The summed E-state index contributed by atoms with van der Waals surface area (Å²) in [5.74, 6) is 0.766. The van der Waals surface area contributed by atoms with Crippen LogP contribution in [-0.4, -0.2) is 43.1 Å². The van der Waals surface area contributed by atoms with Crippen LogP contribution in [0.15, 0.2) is 28.7 Å². The Morgan fingerprint density at radius 3 is 2.24 bits per heavy atom. The number of nitrogens with one attached hydrogen (secondary N) is 2. The highest BCUT2D eigenvalue weighted by molar-refractivity contribution is 9.10. The SMILES string of the molecule is C#CC1(NC(=O)[C@H](CS(=O)(=O)C(C)C)N[C@@H](c2ccc(Br)cc2)C(F)(F)F)CC1. The van der Waals surface area contributed by atoms with Gasteiger partial charge in [-0.3, -0.25) is 10.1 Å². The van der Waals surface area contributed by atoms with E-state index in [0.717, 1.165) is 0 Å². The van der Waals surface area contributed by atoms with Crippen molar-refractivity contribution in [3.63, 3.8) is 0 Å². The van der Waals surface area contributed by atoms with Gasteiger partial charge in [0.25, 0.3) is 0 Å². The van der Waals surface area contributed by atoms with Crippen molar-refractivity contribution in [2.75, 3.05) is 5.75 Å². The van der Waals surface area contributed by atoms with Crippen molar-refractivity contribution in [1.29, 1.82) is 0 Å². The number of amides is 1. The number of carbonyl (C=O) groups is 1. The predicted octanol–water partition coefficient (Wildman–Crippen LogP) is 3.12. The van der Waals surface area contributed by atoms with Crippen LogP contribution >= 0.6 is 15.9 Å². The Kier molecular flexibility index (Phi) is 7.08. The first-order valence-electron chi connectivity index (χ1n) is 8.89. The number of benzene rings is 1. The molecule has 5 nitrogen and oxygen atoms in total. The van der Waals surface area contributed by atoms with Gasteiger partial charge < -0.3 is 5.32 Å².